The van der Waals surface area contributed by atoms with Gasteiger partial charge in [-0.1, -0.05) is 6.07 Å². The lowest BCUT2D eigenvalue weighted by molar-refractivity contribution is -0.117. The maximum atomic E-state index is 12.8. The molecule has 2 N–H and O–H groups in total. The molecule has 2 fully saturated rings. The lowest BCUT2D eigenvalue weighted by Crippen LogP contribution is -2.54. The molecule has 0 spiro atoms. The zero-order chi connectivity index (χ0) is 25.9. The number of hydrogen-bond donors (Lipinski definition) is 2. The van der Waals surface area contributed by atoms with Crippen molar-refractivity contribution in [2.24, 2.45) is 5.92 Å². The molecule has 37 heavy (non-hydrogen) atoms. The van der Waals surface area contributed by atoms with Crippen LogP contribution in [0.3, 0.4) is 0 Å². The predicted octanol–water partition coefficient (Wildman–Crippen LogP) is 3.59. The van der Waals surface area contributed by atoms with Crippen LogP contribution in [-0.4, -0.2) is 60.1 Å². The lowest BCUT2D eigenvalue weighted by Gasteiger charge is -2.38. The van der Waals surface area contributed by atoms with Gasteiger partial charge in [0.15, 0.2) is 0 Å². The molecule has 10 heteroatoms. The first-order valence-corrected chi connectivity index (χ1v) is 11.9. The molecule has 1 saturated carbocycles. The Balaban J connectivity index is 1.32. The molecule has 2 amide bonds. The van der Waals surface area contributed by atoms with Gasteiger partial charge in [-0.15, -0.1) is 0 Å². The summed E-state index contributed by atoms with van der Waals surface area (Å²) < 4.78 is 10.7. The van der Waals surface area contributed by atoms with E-state index in [4.69, 9.17) is 9.47 Å². The summed E-state index contributed by atoms with van der Waals surface area (Å²) in [6.07, 6.45) is 3.47. The first kappa shape index (κ1) is 24.2. The van der Waals surface area contributed by atoms with Crippen LogP contribution < -0.4 is 15.4 Å². The van der Waals surface area contributed by atoms with Crippen LogP contribution in [0.15, 0.2) is 48.7 Å². The van der Waals surface area contributed by atoms with Crippen LogP contribution >= 0.6 is 0 Å². The number of hydrogen-bond acceptors (Lipinski definition) is 8. The van der Waals surface area contributed by atoms with Crippen molar-refractivity contribution in [3.8, 4) is 23.1 Å². The Hall–Kier alpha value is -4.49. The van der Waals surface area contributed by atoms with E-state index in [-0.39, 0.29) is 23.8 Å². The van der Waals surface area contributed by atoms with Crippen LogP contribution in [0.1, 0.15) is 28.8 Å². The number of benzene rings is 2. The highest BCUT2D eigenvalue weighted by Gasteiger charge is 2.32. The smallest absolute Gasteiger partial charge is 0.257 e. The van der Waals surface area contributed by atoms with E-state index in [0.717, 1.165) is 12.8 Å². The monoisotopic (exact) mass is 498 g/mol. The summed E-state index contributed by atoms with van der Waals surface area (Å²) in [5.74, 6) is 0.666. The summed E-state index contributed by atoms with van der Waals surface area (Å²) in [4.78, 5) is 35.5. The summed E-state index contributed by atoms with van der Waals surface area (Å²) in [5, 5.41) is 15.6. The van der Waals surface area contributed by atoms with Crippen molar-refractivity contribution in [2.75, 3.05) is 37.9 Å². The Morgan fingerprint density at radius 2 is 1.92 bits per heavy atom. The minimum absolute atomic E-state index is 0.0475. The van der Waals surface area contributed by atoms with Crippen molar-refractivity contribution < 1.29 is 19.1 Å². The molecule has 0 radical (unpaired) electrons. The number of amides is 2. The van der Waals surface area contributed by atoms with E-state index in [1.54, 1.807) is 54.6 Å². The molecule has 2 aromatic carbocycles. The molecule has 1 aromatic heterocycles. The molecular formula is C27H26N6O4. The number of nitrogens with one attached hydrogen (secondary N) is 2. The highest BCUT2D eigenvalue weighted by molar-refractivity contribution is 5.98. The van der Waals surface area contributed by atoms with E-state index in [9.17, 15) is 14.9 Å². The van der Waals surface area contributed by atoms with Crippen molar-refractivity contribution in [3.05, 3.63) is 59.8 Å². The van der Waals surface area contributed by atoms with E-state index in [1.807, 2.05) is 6.07 Å². The Morgan fingerprint density at radius 1 is 1.11 bits per heavy atom. The van der Waals surface area contributed by atoms with Gasteiger partial charge in [0.2, 0.25) is 11.9 Å². The van der Waals surface area contributed by atoms with E-state index >= 15 is 0 Å². The summed E-state index contributed by atoms with van der Waals surface area (Å²) in [6.45, 7) is 1.11. The summed E-state index contributed by atoms with van der Waals surface area (Å²) >= 11 is 0. The fraction of sp³-hybridized carbons (Fsp3) is 0.296. The van der Waals surface area contributed by atoms with Crippen molar-refractivity contribution in [1.82, 2.24) is 14.9 Å². The number of methoxy groups -OCH3 is 2. The standard InChI is InChI=1S/C27H26N6O4/c1-36-20-14-33(15-20)26(35)21-7-6-19(12-24(21)37-2)30-27-29-10-9-23(32-27)17-5-8-22(18(11-17)13-28)31-25(34)16-3-4-16/h5-12,16,20H,3-4,14-15H2,1-2H3,(H,31,34)(H,29,30,32). The molecule has 0 unspecified atom stereocenters. The fourth-order valence-corrected chi connectivity index (χ4v) is 4.06. The molecule has 0 bridgehead atoms. The predicted molar refractivity (Wildman–Crippen MR) is 137 cm³/mol. The Labute approximate surface area is 214 Å². The highest BCUT2D eigenvalue weighted by Crippen LogP contribution is 2.32. The quantitative estimate of drug-likeness (QED) is 0.482. The third kappa shape index (κ3) is 5.22. The molecule has 188 valence electrons. The summed E-state index contributed by atoms with van der Waals surface area (Å²) in [7, 11) is 3.15. The number of likely N-dealkylation sites (tertiary alicyclic amines) is 1. The van der Waals surface area contributed by atoms with Crippen molar-refractivity contribution in [2.45, 2.75) is 18.9 Å². The number of rotatable bonds is 8. The molecule has 1 aliphatic heterocycles. The van der Waals surface area contributed by atoms with Gasteiger partial charge >= 0.3 is 0 Å². The van der Waals surface area contributed by atoms with Gasteiger partial charge in [-0.3, -0.25) is 9.59 Å². The average molecular weight is 499 g/mol. The van der Waals surface area contributed by atoms with Crippen LogP contribution in [0.5, 0.6) is 5.75 Å². The Bertz CT molecular complexity index is 1390. The summed E-state index contributed by atoms with van der Waals surface area (Å²) in [5.41, 5.74) is 3.30. The van der Waals surface area contributed by atoms with Gasteiger partial charge in [-0.25, -0.2) is 9.97 Å². The zero-order valence-corrected chi connectivity index (χ0v) is 20.5. The molecule has 2 aliphatic rings. The number of nitrogens with zero attached hydrogens (tertiary/aromatic N) is 4. The minimum Gasteiger partial charge on any atom is -0.496 e. The largest absolute Gasteiger partial charge is 0.496 e. The second-order valence-electron chi connectivity index (χ2n) is 9.01. The van der Waals surface area contributed by atoms with E-state index in [2.05, 4.69) is 26.7 Å². The van der Waals surface area contributed by atoms with Gasteiger partial charge in [0.1, 0.15) is 11.8 Å². The zero-order valence-electron chi connectivity index (χ0n) is 20.5. The van der Waals surface area contributed by atoms with Gasteiger partial charge in [0, 0.05) is 49.6 Å². The molecule has 3 aromatic rings. The van der Waals surface area contributed by atoms with Gasteiger partial charge in [0.05, 0.1) is 35.7 Å². The third-order valence-electron chi connectivity index (χ3n) is 6.45. The molecule has 1 aliphatic carbocycles. The highest BCUT2D eigenvalue weighted by atomic mass is 16.5. The Kier molecular flexibility index (Phi) is 6.70. The molecule has 5 rings (SSSR count). The first-order chi connectivity index (χ1) is 18.0. The van der Waals surface area contributed by atoms with Crippen LogP contribution in [0.25, 0.3) is 11.3 Å². The van der Waals surface area contributed by atoms with Crippen LogP contribution in [-0.2, 0) is 9.53 Å². The average Bonchev–Trinajstić information content (AvgIpc) is 3.74. The summed E-state index contributed by atoms with van der Waals surface area (Å²) in [6, 6.07) is 14.3. The minimum atomic E-state index is -0.111. The second-order valence-corrected chi connectivity index (χ2v) is 9.01. The number of ether oxygens (including phenoxy) is 2. The topological polar surface area (TPSA) is 129 Å². The van der Waals surface area contributed by atoms with E-state index in [1.165, 1.54) is 7.11 Å². The van der Waals surface area contributed by atoms with E-state index in [0.29, 0.717) is 58.5 Å². The molecule has 10 nitrogen and oxygen atoms in total. The number of aromatic nitrogens is 2. The van der Waals surface area contributed by atoms with Crippen molar-refractivity contribution in [1.29, 1.82) is 5.26 Å². The van der Waals surface area contributed by atoms with Gasteiger partial charge in [0.25, 0.3) is 5.91 Å². The third-order valence-corrected chi connectivity index (χ3v) is 6.45. The van der Waals surface area contributed by atoms with E-state index < -0.39 is 0 Å². The maximum Gasteiger partial charge on any atom is 0.257 e. The lowest BCUT2D eigenvalue weighted by atomic mass is 10.1. The van der Waals surface area contributed by atoms with Crippen LogP contribution in [0.4, 0.5) is 17.3 Å². The van der Waals surface area contributed by atoms with Gasteiger partial charge in [-0.05, 0) is 43.2 Å². The Morgan fingerprint density at radius 3 is 2.62 bits per heavy atom. The normalized spacial score (nSPS) is 14.9. The SMILES string of the molecule is COc1cc(Nc2nccc(-c3ccc(NC(=O)C4CC4)c(C#N)c3)n2)ccc1C(=O)N1CC(OC)C1. The second kappa shape index (κ2) is 10.2. The van der Waals surface area contributed by atoms with Gasteiger partial charge < -0.3 is 25.0 Å². The number of anilines is 3. The fourth-order valence-electron chi connectivity index (χ4n) is 4.06. The van der Waals surface area contributed by atoms with Crippen LogP contribution in [0.2, 0.25) is 0 Å². The first-order valence-electron chi connectivity index (χ1n) is 11.9. The van der Waals surface area contributed by atoms with Crippen molar-refractivity contribution in [3.63, 3.8) is 0 Å². The number of nitriles is 1. The number of carbonyl (C=O) groups is 2. The van der Waals surface area contributed by atoms with Crippen LogP contribution in [0, 0.1) is 17.2 Å². The number of carbonyl (C=O) groups excluding carboxylic acids is 2. The molecular weight excluding hydrogens is 472 g/mol. The molecule has 1 saturated heterocycles. The van der Waals surface area contributed by atoms with Crippen molar-refractivity contribution >= 4 is 29.1 Å². The van der Waals surface area contributed by atoms with Gasteiger partial charge in [-0.2, -0.15) is 5.26 Å². The molecule has 0 atom stereocenters. The maximum absolute atomic E-state index is 12.8. The molecule has 2 heterocycles.